The molecular weight excluding hydrogens is 500 g/mol. The van der Waals surface area contributed by atoms with Crippen LogP contribution in [-0.2, 0) is 9.53 Å². The van der Waals surface area contributed by atoms with Gasteiger partial charge in [0.25, 0.3) is 5.56 Å². The molecule has 0 fully saturated rings. The minimum Gasteiger partial charge on any atom is -0.497 e. The Balaban J connectivity index is 1.97. The number of carbonyl (C=O) groups excluding carboxylic acids is 1. The number of hydrogen-bond donors (Lipinski definition) is 0. The molecule has 0 bridgehead atoms. The maximum Gasteiger partial charge on any atom is 0.338 e. The van der Waals surface area contributed by atoms with Crippen LogP contribution in [0.15, 0.2) is 61.2 Å². The van der Waals surface area contributed by atoms with Gasteiger partial charge < -0.3 is 9.47 Å². The molecule has 4 rings (SSSR count). The van der Waals surface area contributed by atoms with Crippen LogP contribution in [0.4, 0.5) is 0 Å². The Morgan fingerprint density at radius 3 is 2.77 bits per heavy atom. The summed E-state index contributed by atoms with van der Waals surface area (Å²) in [6, 6.07) is 10.6. The largest absolute Gasteiger partial charge is 0.497 e. The van der Waals surface area contributed by atoms with Crippen molar-refractivity contribution in [3.05, 3.63) is 81.6 Å². The van der Waals surface area contributed by atoms with Crippen LogP contribution in [0.3, 0.4) is 0 Å². The van der Waals surface area contributed by atoms with Crippen molar-refractivity contribution < 1.29 is 14.3 Å². The Kier molecular flexibility index (Phi) is 6.27. The summed E-state index contributed by atoms with van der Waals surface area (Å²) in [5.74, 6) is 0.161. The molecule has 1 aliphatic rings. The number of esters is 1. The van der Waals surface area contributed by atoms with Crippen LogP contribution in [0.5, 0.6) is 5.75 Å². The van der Waals surface area contributed by atoms with E-state index in [9.17, 15) is 9.59 Å². The van der Waals surface area contributed by atoms with Crippen molar-refractivity contribution in [3.8, 4) is 5.75 Å². The Hall–Kier alpha value is -2.49. The van der Waals surface area contributed by atoms with Crippen molar-refractivity contribution in [2.45, 2.75) is 19.9 Å². The number of benzene rings is 1. The number of rotatable bonds is 5. The highest BCUT2D eigenvalue weighted by Crippen LogP contribution is 2.32. The monoisotopic (exact) mass is 518 g/mol. The predicted octanol–water partition coefficient (Wildman–Crippen LogP) is 3.63. The zero-order chi connectivity index (χ0) is 22.1. The van der Waals surface area contributed by atoms with Gasteiger partial charge in [-0.1, -0.05) is 23.5 Å². The van der Waals surface area contributed by atoms with Crippen LogP contribution >= 0.6 is 38.6 Å². The van der Waals surface area contributed by atoms with E-state index in [-0.39, 0.29) is 12.2 Å². The van der Waals surface area contributed by atoms with Gasteiger partial charge in [0, 0.05) is 4.88 Å². The summed E-state index contributed by atoms with van der Waals surface area (Å²) in [6.45, 7) is 3.76. The molecule has 3 aromatic rings. The molecule has 160 valence electrons. The first kappa shape index (κ1) is 21.7. The van der Waals surface area contributed by atoms with Gasteiger partial charge in [0.15, 0.2) is 4.80 Å². The number of thiazole rings is 1. The van der Waals surface area contributed by atoms with Crippen LogP contribution in [0.1, 0.15) is 30.3 Å². The Labute approximate surface area is 194 Å². The summed E-state index contributed by atoms with van der Waals surface area (Å²) in [5, 5.41) is 0. The number of thiophene rings is 1. The van der Waals surface area contributed by atoms with E-state index in [1.807, 2.05) is 42.5 Å². The number of fused-ring (bicyclic) bond motifs is 1. The van der Waals surface area contributed by atoms with Gasteiger partial charge in [0.05, 0.1) is 39.3 Å². The third kappa shape index (κ3) is 4.17. The third-order valence-electron chi connectivity index (χ3n) is 4.79. The first-order chi connectivity index (χ1) is 14.9. The fourth-order valence-electron chi connectivity index (χ4n) is 3.45. The van der Waals surface area contributed by atoms with Crippen LogP contribution in [-0.4, -0.2) is 24.3 Å². The molecule has 31 heavy (non-hydrogen) atoms. The Bertz CT molecular complexity index is 1370. The molecule has 0 N–H and O–H groups in total. The quantitative estimate of drug-likeness (QED) is 0.483. The smallest absolute Gasteiger partial charge is 0.338 e. The first-order valence-electron chi connectivity index (χ1n) is 9.52. The molecule has 1 aliphatic heterocycles. The lowest BCUT2D eigenvalue weighted by Gasteiger charge is -2.24. The Morgan fingerprint density at radius 1 is 1.29 bits per heavy atom. The van der Waals surface area contributed by atoms with Crippen molar-refractivity contribution in [3.63, 3.8) is 0 Å². The Morgan fingerprint density at radius 2 is 2.10 bits per heavy atom. The van der Waals surface area contributed by atoms with E-state index in [1.54, 1.807) is 25.5 Å². The number of hydrogen-bond acceptors (Lipinski definition) is 7. The number of aromatic nitrogens is 1. The molecule has 9 heteroatoms. The first-order valence-corrected chi connectivity index (χ1v) is 11.9. The molecule has 1 aromatic carbocycles. The van der Waals surface area contributed by atoms with Gasteiger partial charge in [-0.15, -0.1) is 11.3 Å². The number of ether oxygens (including phenoxy) is 2. The second-order valence-corrected chi connectivity index (χ2v) is 10.2. The molecule has 0 unspecified atom stereocenters. The molecular formula is C22H19BrN2O4S2. The molecule has 0 aliphatic carbocycles. The van der Waals surface area contributed by atoms with E-state index in [2.05, 4.69) is 20.9 Å². The predicted molar refractivity (Wildman–Crippen MR) is 125 cm³/mol. The SMILES string of the molecule is CCOC(=O)C1=C(C)N=c2s/c(=C/c3ccc(Br)s3)c(=O)n2[C@@H]1c1cccc(OC)c1. The van der Waals surface area contributed by atoms with E-state index in [1.165, 1.54) is 22.7 Å². The van der Waals surface area contributed by atoms with Crippen LogP contribution in [0.2, 0.25) is 0 Å². The molecule has 0 radical (unpaired) electrons. The molecule has 2 aromatic heterocycles. The average molecular weight is 519 g/mol. The van der Waals surface area contributed by atoms with Gasteiger partial charge in [-0.25, -0.2) is 9.79 Å². The van der Waals surface area contributed by atoms with E-state index in [0.29, 0.717) is 26.4 Å². The molecule has 0 saturated heterocycles. The average Bonchev–Trinajstić information content (AvgIpc) is 3.30. The summed E-state index contributed by atoms with van der Waals surface area (Å²) in [6.07, 6.45) is 1.85. The summed E-state index contributed by atoms with van der Waals surface area (Å²) in [7, 11) is 1.58. The van der Waals surface area contributed by atoms with E-state index < -0.39 is 12.0 Å². The fraction of sp³-hybridized carbons (Fsp3) is 0.227. The lowest BCUT2D eigenvalue weighted by Crippen LogP contribution is -2.39. The highest BCUT2D eigenvalue weighted by atomic mass is 79.9. The number of methoxy groups -OCH3 is 1. The zero-order valence-electron chi connectivity index (χ0n) is 17.0. The highest BCUT2D eigenvalue weighted by Gasteiger charge is 2.33. The second kappa shape index (κ2) is 8.94. The lowest BCUT2D eigenvalue weighted by molar-refractivity contribution is -0.139. The minimum absolute atomic E-state index is 0.199. The standard InChI is InChI=1S/C22H19BrN2O4S2/c1-4-29-21(27)18-12(2)24-22-25(19(18)13-6-5-7-14(10-13)28-3)20(26)16(31-22)11-15-8-9-17(23)30-15/h5-11,19H,4H2,1-3H3/b16-11+/t19-/m1/s1. The molecule has 6 nitrogen and oxygen atoms in total. The number of carbonyl (C=O) groups is 1. The van der Waals surface area contributed by atoms with Crippen molar-refractivity contribution in [2.24, 2.45) is 4.99 Å². The van der Waals surface area contributed by atoms with Crippen LogP contribution in [0, 0.1) is 0 Å². The summed E-state index contributed by atoms with van der Waals surface area (Å²) in [5.41, 5.74) is 1.45. The second-order valence-electron chi connectivity index (χ2n) is 6.72. The number of allylic oxidation sites excluding steroid dienone is 1. The van der Waals surface area contributed by atoms with Crippen molar-refractivity contribution in [1.82, 2.24) is 4.57 Å². The summed E-state index contributed by atoms with van der Waals surface area (Å²) >= 11 is 6.30. The number of halogens is 1. The normalized spacial score (nSPS) is 16.1. The highest BCUT2D eigenvalue weighted by molar-refractivity contribution is 9.11. The van der Waals surface area contributed by atoms with E-state index in [0.717, 1.165) is 14.2 Å². The third-order valence-corrected chi connectivity index (χ3v) is 7.35. The molecule has 3 heterocycles. The molecule has 0 amide bonds. The topological polar surface area (TPSA) is 69.9 Å². The zero-order valence-corrected chi connectivity index (χ0v) is 20.3. The van der Waals surface area contributed by atoms with Gasteiger partial charge in [0.2, 0.25) is 0 Å². The summed E-state index contributed by atoms with van der Waals surface area (Å²) < 4.78 is 13.8. The van der Waals surface area contributed by atoms with Crippen LogP contribution < -0.4 is 19.6 Å². The maximum absolute atomic E-state index is 13.5. The van der Waals surface area contributed by atoms with Gasteiger partial charge in [0.1, 0.15) is 5.75 Å². The fourth-order valence-corrected chi connectivity index (χ4v) is 5.93. The molecule has 0 spiro atoms. The van der Waals surface area contributed by atoms with Gasteiger partial charge in [-0.3, -0.25) is 9.36 Å². The van der Waals surface area contributed by atoms with Gasteiger partial charge in [-0.2, -0.15) is 0 Å². The maximum atomic E-state index is 13.5. The van der Waals surface area contributed by atoms with Crippen molar-refractivity contribution >= 4 is 50.6 Å². The minimum atomic E-state index is -0.650. The lowest BCUT2D eigenvalue weighted by atomic mass is 9.95. The summed E-state index contributed by atoms with van der Waals surface area (Å²) in [4.78, 5) is 32.4. The van der Waals surface area contributed by atoms with Gasteiger partial charge in [-0.05, 0) is 65.7 Å². The molecule has 0 saturated carbocycles. The van der Waals surface area contributed by atoms with Crippen molar-refractivity contribution in [1.29, 1.82) is 0 Å². The van der Waals surface area contributed by atoms with Gasteiger partial charge >= 0.3 is 5.97 Å². The molecule has 1 atom stereocenters. The van der Waals surface area contributed by atoms with Crippen molar-refractivity contribution in [2.75, 3.05) is 13.7 Å². The van der Waals surface area contributed by atoms with E-state index in [4.69, 9.17) is 9.47 Å². The number of nitrogens with zero attached hydrogens (tertiary/aromatic N) is 2. The van der Waals surface area contributed by atoms with Crippen LogP contribution in [0.25, 0.3) is 6.08 Å². The van der Waals surface area contributed by atoms with E-state index >= 15 is 0 Å².